The van der Waals surface area contributed by atoms with Gasteiger partial charge in [0.25, 0.3) is 5.91 Å². The Morgan fingerprint density at radius 3 is 2.49 bits per heavy atom. The summed E-state index contributed by atoms with van der Waals surface area (Å²) < 4.78 is 0. The Bertz CT molecular complexity index is 1440. The fraction of sp³-hybridized carbons (Fsp3) is 0.103. The van der Waals surface area contributed by atoms with Crippen molar-refractivity contribution in [1.29, 1.82) is 0 Å². The van der Waals surface area contributed by atoms with Crippen LogP contribution in [-0.4, -0.2) is 20.9 Å². The van der Waals surface area contributed by atoms with E-state index in [-0.39, 0.29) is 11.9 Å². The average Bonchev–Trinajstić information content (AvgIpc) is 2.92. The van der Waals surface area contributed by atoms with E-state index in [1.165, 1.54) is 0 Å². The molecular formula is C29H25N5O. The number of hydrogen-bond donors (Lipinski definition) is 1. The first-order chi connectivity index (χ1) is 17.2. The lowest BCUT2D eigenvalue weighted by Gasteiger charge is -2.23. The molecule has 2 heterocycles. The van der Waals surface area contributed by atoms with Crippen LogP contribution in [0.4, 0.5) is 11.8 Å². The van der Waals surface area contributed by atoms with E-state index in [1.54, 1.807) is 29.6 Å². The summed E-state index contributed by atoms with van der Waals surface area (Å²) in [4.78, 5) is 28.8. The fourth-order valence-electron chi connectivity index (χ4n) is 4.00. The SMILES string of the molecule is C[C@@H](Nc1nccc(N(Cc2cccnc2)C(=O)c2ccc3ccccc3c2)n1)c1ccccc1. The topological polar surface area (TPSA) is 71.0 Å². The summed E-state index contributed by atoms with van der Waals surface area (Å²) in [6.45, 7) is 2.39. The van der Waals surface area contributed by atoms with Crippen LogP contribution >= 0.6 is 0 Å². The molecule has 3 aromatic carbocycles. The van der Waals surface area contributed by atoms with Gasteiger partial charge in [-0.05, 0) is 53.1 Å². The van der Waals surface area contributed by atoms with Crippen LogP contribution in [0.25, 0.3) is 10.8 Å². The number of hydrogen-bond acceptors (Lipinski definition) is 5. The number of rotatable bonds is 7. The summed E-state index contributed by atoms with van der Waals surface area (Å²) in [6, 6.07) is 29.4. The van der Waals surface area contributed by atoms with Crippen LogP contribution in [0.5, 0.6) is 0 Å². The lowest BCUT2D eigenvalue weighted by Crippen LogP contribution is -2.31. The van der Waals surface area contributed by atoms with Gasteiger partial charge in [0.05, 0.1) is 12.6 Å². The van der Waals surface area contributed by atoms with Crippen molar-refractivity contribution in [2.24, 2.45) is 0 Å². The van der Waals surface area contributed by atoms with E-state index >= 15 is 0 Å². The number of nitrogens with zero attached hydrogens (tertiary/aromatic N) is 4. The molecule has 2 aromatic heterocycles. The maximum absolute atomic E-state index is 13.8. The fourth-order valence-corrected chi connectivity index (χ4v) is 4.00. The predicted molar refractivity (Wildman–Crippen MR) is 139 cm³/mol. The molecule has 1 N–H and O–H groups in total. The number of fused-ring (bicyclic) bond motifs is 1. The zero-order chi connectivity index (χ0) is 24.0. The highest BCUT2D eigenvalue weighted by Gasteiger charge is 2.21. The standard InChI is InChI=1S/C29H25N5O/c1-21(23-9-3-2-4-10-23)32-29-31-17-15-27(33-29)34(20-22-8-7-16-30-19-22)28(35)26-14-13-24-11-5-6-12-25(24)18-26/h2-19,21H,20H2,1H3,(H,31,32,33)/t21-/m1/s1. The van der Waals surface area contributed by atoms with E-state index in [0.29, 0.717) is 23.9 Å². The van der Waals surface area contributed by atoms with Gasteiger partial charge in [-0.25, -0.2) is 4.98 Å². The van der Waals surface area contributed by atoms with Gasteiger partial charge in [0, 0.05) is 24.2 Å². The van der Waals surface area contributed by atoms with Gasteiger partial charge in [-0.15, -0.1) is 0 Å². The summed E-state index contributed by atoms with van der Waals surface area (Å²) >= 11 is 0. The minimum absolute atomic E-state index is 0.00872. The van der Waals surface area contributed by atoms with Crippen molar-refractivity contribution in [3.8, 4) is 0 Å². The van der Waals surface area contributed by atoms with Crippen molar-refractivity contribution in [1.82, 2.24) is 15.0 Å². The van der Waals surface area contributed by atoms with Crippen molar-refractivity contribution in [3.63, 3.8) is 0 Å². The Hall–Kier alpha value is -4.58. The highest BCUT2D eigenvalue weighted by Crippen LogP contribution is 2.23. The molecule has 6 heteroatoms. The number of anilines is 2. The van der Waals surface area contributed by atoms with Gasteiger partial charge in [0.15, 0.2) is 0 Å². The monoisotopic (exact) mass is 459 g/mol. The van der Waals surface area contributed by atoms with E-state index in [4.69, 9.17) is 4.98 Å². The predicted octanol–water partition coefficient (Wildman–Crippen LogP) is 6.04. The van der Waals surface area contributed by atoms with Crippen LogP contribution in [0.15, 0.2) is 110 Å². The molecule has 0 spiro atoms. The van der Waals surface area contributed by atoms with Gasteiger partial charge in [-0.1, -0.05) is 66.7 Å². The molecule has 0 fully saturated rings. The summed E-state index contributed by atoms with van der Waals surface area (Å²) in [5, 5.41) is 5.45. The highest BCUT2D eigenvalue weighted by molar-refractivity contribution is 6.07. The molecule has 0 saturated carbocycles. The molecule has 5 aromatic rings. The van der Waals surface area contributed by atoms with E-state index in [0.717, 1.165) is 21.9 Å². The molecule has 0 unspecified atom stereocenters. The second-order valence-corrected chi connectivity index (χ2v) is 8.33. The molecule has 35 heavy (non-hydrogen) atoms. The molecule has 0 aliphatic carbocycles. The van der Waals surface area contributed by atoms with Gasteiger partial charge < -0.3 is 5.32 Å². The third-order valence-electron chi connectivity index (χ3n) is 5.87. The van der Waals surface area contributed by atoms with Crippen molar-refractivity contribution >= 4 is 28.4 Å². The number of nitrogens with one attached hydrogen (secondary N) is 1. The Labute approximate surface area is 204 Å². The minimum atomic E-state index is -0.139. The summed E-state index contributed by atoms with van der Waals surface area (Å²) in [5.74, 6) is 0.839. The van der Waals surface area contributed by atoms with Crippen molar-refractivity contribution in [2.75, 3.05) is 10.2 Å². The molecule has 0 bridgehead atoms. The van der Waals surface area contributed by atoms with Crippen molar-refractivity contribution < 1.29 is 4.79 Å². The Morgan fingerprint density at radius 1 is 0.886 bits per heavy atom. The molecule has 1 atom stereocenters. The molecule has 6 nitrogen and oxygen atoms in total. The quantitative estimate of drug-likeness (QED) is 0.321. The maximum Gasteiger partial charge on any atom is 0.259 e. The van der Waals surface area contributed by atoms with E-state index in [2.05, 4.69) is 34.3 Å². The summed E-state index contributed by atoms with van der Waals surface area (Å²) in [6.07, 6.45) is 5.15. The lowest BCUT2D eigenvalue weighted by molar-refractivity contribution is 0.0984. The normalized spacial score (nSPS) is 11.7. The third-order valence-corrected chi connectivity index (χ3v) is 5.87. The molecule has 1 amide bonds. The first-order valence-electron chi connectivity index (χ1n) is 11.5. The van der Waals surface area contributed by atoms with Gasteiger partial charge >= 0.3 is 0 Å². The van der Waals surface area contributed by atoms with Gasteiger partial charge in [0.1, 0.15) is 5.82 Å². The van der Waals surface area contributed by atoms with Crippen LogP contribution in [0.2, 0.25) is 0 Å². The zero-order valence-corrected chi connectivity index (χ0v) is 19.4. The first kappa shape index (κ1) is 22.2. The largest absolute Gasteiger partial charge is 0.348 e. The lowest BCUT2D eigenvalue weighted by atomic mass is 10.1. The molecule has 5 rings (SSSR count). The molecule has 0 aliphatic heterocycles. The smallest absolute Gasteiger partial charge is 0.259 e. The first-order valence-corrected chi connectivity index (χ1v) is 11.5. The maximum atomic E-state index is 13.8. The minimum Gasteiger partial charge on any atom is -0.348 e. The summed E-state index contributed by atoms with van der Waals surface area (Å²) in [5.41, 5.74) is 2.63. The van der Waals surface area contributed by atoms with Crippen LogP contribution in [0.1, 0.15) is 34.5 Å². The molecule has 172 valence electrons. The van der Waals surface area contributed by atoms with Gasteiger partial charge in [0.2, 0.25) is 5.95 Å². The van der Waals surface area contributed by atoms with E-state index in [9.17, 15) is 4.79 Å². The number of benzene rings is 3. The molecule has 0 radical (unpaired) electrons. The van der Waals surface area contributed by atoms with Crippen LogP contribution in [-0.2, 0) is 6.54 Å². The third kappa shape index (κ3) is 5.17. The number of amides is 1. The number of pyridine rings is 1. The van der Waals surface area contributed by atoms with Crippen molar-refractivity contribution in [2.45, 2.75) is 19.5 Å². The molecule has 0 aliphatic rings. The van der Waals surface area contributed by atoms with Crippen LogP contribution < -0.4 is 10.2 Å². The van der Waals surface area contributed by atoms with Crippen LogP contribution in [0, 0.1) is 0 Å². The molecule has 0 saturated heterocycles. The van der Waals surface area contributed by atoms with Gasteiger partial charge in [-0.3, -0.25) is 14.7 Å². The second kappa shape index (κ2) is 10.1. The van der Waals surface area contributed by atoms with E-state index in [1.807, 2.05) is 72.8 Å². The zero-order valence-electron chi connectivity index (χ0n) is 19.4. The Balaban J connectivity index is 1.48. The Morgan fingerprint density at radius 2 is 1.69 bits per heavy atom. The second-order valence-electron chi connectivity index (χ2n) is 8.33. The van der Waals surface area contributed by atoms with E-state index < -0.39 is 0 Å². The number of carbonyl (C=O) groups excluding carboxylic acids is 1. The van der Waals surface area contributed by atoms with Crippen LogP contribution in [0.3, 0.4) is 0 Å². The Kier molecular flexibility index (Phi) is 6.44. The highest BCUT2D eigenvalue weighted by atomic mass is 16.2. The number of aromatic nitrogens is 3. The van der Waals surface area contributed by atoms with Gasteiger partial charge in [-0.2, -0.15) is 4.98 Å². The average molecular weight is 460 g/mol. The van der Waals surface area contributed by atoms with Crippen molar-refractivity contribution in [3.05, 3.63) is 126 Å². The molecular weight excluding hydrogens is 434 g/mol. The summed E-state index contributed by atoms with van der Waals surface area (Å²) in [7, 11) is 0. The number of carbonyl (C=O) groups is 1.